The van der Waals surface area contributed by atoms with Gasteiger partial charge in [0.05, 0.1) is 6.61 Å². The highest BCUT2D eigenvalue weighted by molar-refractivity contribution is 8.13. The minimum atomic E-state index is -0.403. The van der Waals surface area contributed by atoms with Crippen LogP contribution in [0, 0.1) is 0 Å². The molecule has 0 aliphatic heterocycles. The Hall–Kier alpha value is -0.510. The van der Waals surface area contributed by atoms with Crippen LogP contribution in [0.3, 0.4) is 0 Å². The summed E-state index contributed by atoms with van der Waals surface area (Å²) in [6.45, 7) is 4.33. The van der Waals surface area contributed by atoms with E-state index in [2.05, 4.69) is 0 Å². The largest absolute Gasteiger partial charge is 0.465 e. The molecule has 0 aromatic carbocycles. The van der Waals surface area contributed by atoms with Crippen molar-refractivity contribution in [2.75, 3.05) is 12.4 Å². The molecule has 0 saturated carbocycles. The molecule has 4 heteroatoms. The summed E-state index contributed by atoms with van der Waals surface area (Å²) < 4.78 is 4.83. The summed E-state index contributed by atoms with van der Waals surface area (Å²) in [5.74, 6) is 0.306. The van der Waals surface area contributed by atoms with Crippen LogP contribution in [-0.4, -0.2) is 23.4 Å². The number of rotatable bonds is 6. The van der Waals surface area contributed by atoms with Crippen LogP contribution in [0.1, 0.15) is 33.1 Å². The summed E-state index contributed by atoms with van der Waals surface area (Å²) in [5.41, 5.74) is 0. The Bertz CT molecular complexity index is 168. The van der Waals surface area contributed by atoms with Crippen molar-refractivity contribution >= 4 is 22.8 Å². The van der Waals surface area contributed by atoms with Crippen molar-refractivity contribution in [2.24, 2.45) is 0 Å². The maximum Gasteiger partial charge on any atom is 0.314 e. The fourth-order valence-corrected chi connectivity index (χ4v) is 1.25. The number of ether oxygens (including phenoxy) is 1. The average Bonchev–Trinajstić information content (AvgIpc) is 2.05. The van der Waals surface area contributed by atoms with Gasteiger partial charge in [0.1, 0.15) is 6.42 Å². The molecule has 0 bridgehead atoms. The van der Waals surface area contributed by atoms with Gasteiger partial charge in [-0.1, -0.05) is 32.0 Å². The van der Waals surface area contributed by atoms with E-state index in [-0.39, 0.29) is 11.5 Å². The zero-order valence-electron chi connectivity index (χ0n) is 8.17. The highest BCUT2D eigenvalue weighted by atomic mass is 32.2. The molecule has 0 aliphatic rings. The predicted molar refractivity (Wildman–Crippen MR) is 53.6 cm³/mol. The molecule has 0 radical (unpaired) electrons. The van der Waals surface area contributed by atoms with E-state index in [1.807, 2.05) is 13.8 Å². The summed E-state index contributed by atoms with van der Waals surface area (Å²) in [4.78, 5) is 21.9. The number of thioether (sulfide) groups is 1. The van der Waals surface area contributed by atoms with Crippen molar-refractivity contribution in [3.05, 3.63) is 0 Å². The van der Waals surface area contributed by atoms with Crippen LogP contribution in [0.25, 0.3) is 0 Å². The van der Waals surface area contributed by atoms with Crippen molar-refractivity contribution in [1.29, 1.82) is 0 Å². The van der Waals surface area contributed by atoms with Crippen LogP contribution in [0.15, 0.2) is 0 Å². The lowest BCUT2D eigenvalue weighted by atomic mass is 10.4. The second kappa shape index (κ2) is 8.10. The van der Waals surface area contributed by atoms with Crippen molar-refractivity contribution in [2.45, 2.75) is 33.1 Å². The van der Waals surface area contributed by atoms with Crippen molar-refractivity contribution in [3.8, 4) is 0 Å². The summed E-state index contributed by atoms with van der Waals surface area (Å²) >= 11 is 1.16. The first-order valence-corrected chi connectivity index (χ1v) is 5.50. The smallest absolute Gasteiger partial charge is 0.314 e. The molecule has 3 nitrogen and oxygen atoms in total. The lowest BCUT2D eigenvalue weighted by Crippen LogP contribution is -2.09. The monoisotopic (exact) mass is 204 g/mol. The van der Waals surface area contributed by atoms with Gasteiger partial charge in [-0.05, 0) is 12.2 Å². The predicted octanol–water partition coefficient (Wildman–Crippen LogP) is 2.00. The molecule has 0 rings (SSSR count). The van der Waals surface area contributed by atoms with Gasteiger partial charge < -0.3 is 4.74 Å². The lowest BCUT2D eigenvalue weighted by Gasteiger charge is -2.01. The van der Waals surface area contributed by atoms with Crippen molar-refractivity contribution < 1.29 is 14.3 Å². The Morgan fingerprint density at radius 2 is 2.00 bits per heavy atom. The maximum absolute atomic E-state index is 10.9. The molecule has 0 heterocycles. The normalized spacial score (nSPS) is 9.69. The third kappa shape index (κ3) is 7.84. The molecule has 76 valence electrons. The van der Waals surface area contributed by atoms with Crippen LogP contribution in [-0.2, 0) is 14.3 Å². The molecule has 0 N–H and O–H groups in total. The molecule has 0 spiro atoms. The highest BCUT2D eigenvalue weighted by Gasteiger charge is 2.09. The summed E-state index contributed by atoms with van der Waals surface area (Å²) in [7, 11) is 0. The SMILES string of the molecule is CCCCOC(=O)CC(=O)SCC. The first-order valence-electron chi connectivity index (χ1n) is 4.52. The van der Waals surface area contributed by atoms with Gasteiger partial charge in [0.2, 0.25) is 0 Å². The third-order valence-corrected chi connectivity index (χ3v) is 2.11. The molecular weight excluding hydrogens is 188 g/mol. The number of esters is 1. The van der Waals surface area contributed by atoms with E-state index in [1.54, 1.807) is 0 Å². The Kier molecular flexibility index (Phi) is 7.79. The number of carbonyl (C=O) groups is 2. The highest BCUT2D eigenvalue weighted by Crippen LogP contribution is 2.05. The Morgan fingerprint density at radius 3 is 2.54 bits per heavy atom. The molecule has 0 aromatic rings. The van der Waals surface area contributed by atoms with Gasteiger partial charge in [0, 0.05) is 0 Å². The quantitative estimate of drug-likeness (QED) is 0.377. The van der Waals surface area contributed by atoms with Crippen molar-refractivity contribution in [3.63, 3.8) is 0 Å². The van der Waals surface area contributed by atoms with Gasteiger partial charge in [-0.25, -0.2) is 0 Å². The summed E-state index contributed by atoms with van der Waals surface area (Å²) in [6, 6.07) is 0. The lowest BCUT2D eigenvalue weighted by molar-refractivity contribution is -0.144. The van der Waals surface area contributed by atoms with E-state index < -0.39 is 5.97 Å². The number of hydrogen-bond donors (Lipinski definition) is 0. The molecule has 0 aliphatic carbocycles. The second-order valence-electron chi connectivity index (χ2n) is 2.56. The van der Waals surface area contributed by atoms with E-state index in [0.717, 1.165) is 24.6 Å². The molecule has 0 amide bonds. The van der Waals surface area contributed by atoms with Gasteiger partial charge in [-0.15, -0.1) is 0 Å². The van der Waals surface area contributed by atoms with Gasteiger partial charge in [-0.2, -0.15) is 0 Å². The van der Waals surface area contributed by atoms with Crippen LogP contribution in [0.2, 0.25) is 0 Å². The molecule has 0 aromatic heterocycles. The maximum atomic E-state index is 10.9. The Balaban J connectivity index is 3.44. The molecule has 0 atom stereocenters. The standard InChI is InChI=1S/C9H16O3S/c1-3-5-6-12-8(10)7-9(11)13-4-2/h3-7H2,1-2H3. The first kappa shape index (κ1) is 12.5. The Labute approximate surface area is 83.2 Å². The zero-order chi connectivity index (χ0) is 10.1. The van der Waals surface area contributed by atoms with E-state index in [0.29, 0.717) is 12.4 Å². The van der Waals surface area contributed by atoms with Crippen LogP contribution < -0.4 is 0 Å². The fourth-order valence-electron chi connectivity index (χ4n) is 0.711. The van der Waals surface area contributed by atoms with Crippen LogP contribution in [0.5, 0.6) is 0 Å². The molecule has 0 saturated heterocycles. The minimum absolute atomic E-state index is 0.0950. The topological polar surface area (TPSA) is 43.4 Å². The second-order valence-corrected chi connectivity index (χ2v) is 3.88. The van der Waals surface area contributed by atoms with Crippen LogP contribution in [0.4, 0.5) is 0 Å². The number of unbranched alkanes of at least 4 members (excludes halogenated alkanes) is 1. The summed E-state index contributed by atoms with van der Waals surface area (Å²) in [5, 5.41) is -0.107. The van der Waals surface area contributed by atoms with Gasteiger partial charge in [0.25, 0.3) is 0 Å². The average molecular weight is 204 g/mol. The fraction of sp³-hybridized carbons (Fsp3) is 0.778. The van der Waals surface area contributed by atoms with E-state index in [4.69, 9.17) is 4.74 Å². The van der Waals surface area contributed by atoms with E-state index >= 15 is 0 Å². The van der Waals surface area contributed by atoms with E-state index in [9.17, 15) is 9.59 Å². The van der Waals surface area contributed by atoms with Crippen molar-refractivity contribution in [1.82, 2.24) is 0 Å². The molecule has 0 fully saturated rings. The first-order chi connectivity index (χ1) is 6.20. The van der Waals surface area contributed by atoms with Crippen LogP contribution >= 0.6 is 11.8 Å². The molecule has 0 unspecified atom stereocenters. The molecular formula is C9H16O3S. The Morgan fingerprint density at radius 1 is 1.31 bits per heavy atom. The van der Waals surface area contributed by atoms with Gasteiger partial charge in [-0.3, -0.25) is 9.59 Å². The molecule has 13 heavy (non-hydrogen) atoms. The van der Waals surface area contributed by atoms with Gasteiger partial charge in [0.15, 0.2) is 5.12 Å². The summed E-state index contributed by atoms with van der Waals surface area (Å²) in [6.07, 6.45) is 1.76. The van der Waals surface area contributed by atoms with Gasteiger partial charge >= 0.3 is 5.97 Å². The number of carbonyl (C=O) groups excluding carboxylic acids is 2. The number of hydrogen-bond acceptors (Lipinski definition) is 4. The minimum Gasteiger partial charge on any atom is -0.465 e. The van der Waals surface area contributed by atoms with E-state index in [1.165, 1.54) is 0 Å². The zero-order valence-corrected chi connectivity index (χ0v) is 8.99. The third-order valence-electron chi connectivity index (χ3n) is 1.35.